The fraction of sp³-hybridized carbons (Fsp3) is 0.632. The van der Waals surface area contributed by atoms with Gasteiger partial charge in [0.2, 0.25) is 5.91 Å². The topological polar surface area (TPSA) is 65.6 Å². The van der Waals surface area contributed by atoms with E-state index in [4.69, 9.17) is 4.74 Å². The Balaban J connectivity index is 1.62. The van der Waals surface area contributed by atoms with E-state index in [0.717, 1.165) is 19.3 Å². The Hall–Kier alpha value is -1.70. The summed E-state index contributed by atoms with van der Waals surface area (Å²) in [6.07, 6.45) is 2.96. The molecule has 0 aliphatic carbocycles. The van der Waals surface area contributed by atoms with Crippen molar-refractivity contribution in [3.05, 3.63) is 24.0 Å². The van der Waals surface area contributed by atoms with Gasteiger partial charge >= 0.3 is 0 Å². The van der Waals surface area contributed by atoms with Crippen molar-refractivity contribution >= 4 is 17.3 Å². The molecule has 3 N–H and O–H groups in total. The summed E-state index contributed by atoms with van der Waals surface area (Å²) >= 11 is 0. The van der Waals surface area contributed by atoms with Crippen LogP contribution in [0.5, 0.6) is 0 Å². The molecule has 0 bridgehead atoms. The predicted molar refractivity (Wildman–Crippen MR) is 101 cm³/mol. The van der Waals surface area contributed by atoms with Crippen LogP contribution in [0.2, 0.25) is 0 Å². The first kappa shape index (κ1) is 19.1. The molecule has 2 fully saturated rings. The smallest absolute Gasteiger partial charge is 0.242 e. The van der Waals surface area contributed by atoms with E-state index < -0.39 is 0 Å². The highest BCUT2D eigenvalue weighted by Crippen LogP contribution is 2.26. The van der Waals surface area contributed by atoms with E-state index in [1.54, 1.807) is 12.1 Å². The molecule has 1 amide bonds. The third-order valence-corrected chi connectivity index (χ3v) is 4.91. The molecular weight excluding hydrogens is 335 g/mol. The first-order chi connectivity index (χ1) is 12.5. The normalized spacial score (nSPS) is 29.0. The number of benzene rings is 1. The molecule has 2 aliphatic rings. The van der Waals surface area contributed by atoms with E-state index in [9.17, 15) is 9.18 Å². The number of nitrogens with one attached hydrogen (secondary N) is 3. The van der Waals surface area contributed by atoms with Crippen LogP contribution in [-0.2, 0) is 9.53 Å². The van der Waals surface area contributed by atoms with E-state index in [-0.39, 0.29) is 30.0 Å². The van der Waals surface area contributed by atoms with Crippen LogP contribution in [-0.4, -0.2) is 43.3 Å². The molecule has 2 saturated heterocycles. The zero-order valence-corrected chi connectivity index (χ0v) is 15.7. The minimum atomic E-state index is -0.328. The molecule has 144 valence electrons. The van der Waals surface area contributed by atoms with Gasteiger partial charge in [-0.2, -0.15) is 0 Å². The van der Waals surface area contributed by atoms with Gasteiger partial charge in [0.05, 0.1) is 17.9 Å². The number of carbonyl (C=O) groups is 1. The minimum absolute atomic E-state index is 0.0644. The Morgan fingerprint density at radius 2 is 2.04 bits per heavy atom. The Morgan fingerprint density at radius 3 is 2.69 bits per heavy atom. The average molecular weight is 364 g/mol. The van der Waals surface area contributed by atoms with Crippen molar-refractivity contribution in [2.24, 2.45) is 0 Å². The third-order valence-electron chi connectivity index (χ3n) is 4.91. The number of anilines is 2. The standard InChI is InChI=1S/C19H29FN4O2/c1-4-5-15-9-17(23-22-15)19(25)21-14-6-7-18(16(20)8-14)24-10-12(2)26-13(3)11-24/h6-8,12-13,15,17,22-23H,4-5,9-11H2,1-3H3,(H,21,25). The summed E-state index contributed by atoms with van der Waals surface area (Å²) in [6, 6.07) is 4.89. The summed E-state index contributed by atoms with van der Waals surface area (Å²) in [6.45, 7) is 7.41. The number of rotatable bonds is 5. The first-order valence-corrected chi connectivity index (χ1v) is 9.48. The van der Waals surface area contributed by atoms with Gasteiger partial charge in [0.25, 0.3) is 0 Å². The molecule has 26 heavy (non-hydrogen) atoms. The van der Waals surface area contributed by atoms with E-state index in [1.165, 1.54) is 6.07 Å². The summed E-state index contributed by atoms with van der Waals surface area (Å²) in [5, 5.41) is 2.81. The van der Waals surface area contributed by atoms with Gasteiger partial charge in [-0.05, 0) is 44.9 Å². The number of halogens is 1. The highest BCUT2D eigenvalue weighted by atomic mass is 19.1. The van der Waals surface area contributed by atoms with Crippen molar-refractivity contribution in [3.8, 4) is 0 Å². The van der Waals surface area contributed by atoms with Crippen LogP contribution in [0.1, 0.15) is 40.0 Å². The Labute approximate surface area is 154 Å². The maximum Gasteiger partial charge on any atom is 0.242 e. The molecule has 0 spiro atoms. The van der Waals surface area contributed by atoms with Crippen molar-refractivity contribution in [1.82, 2.24) is 10.9 Å². The molecule has 0 radical (unpaired) electrons. The number of hydrogen-bond acceptors (Lipinski definition) is 5. The quantitative estimate of drug-likeness (QED) is 0.749. The first-order valence-electron chi connectivity index (χ1n) is 9.48. The molecule has 2 heterocycles. The van der Waals surface area contributed by atoms with E-state index in [0.29, 0.717) is 30.5 Å². The summed E-state index contributed by atoms with van der Waals surface area (Å²) in [7, 11) is 0. The lowest BCUT2D eigenvalue weighted by Crippen LogP contribution is -2.45. The third kappa shape index (κ3) is 4.52. The largest absolute Gasteiger partial charge is 0.372 e. The van der Waals surface area contributed by atoms with Gasteiger partial charge < -0.3 is 15.0 Å². The molecule has 0 saturated carbocycles. The van der Waals surface area contributed by atoms with Crippen molar-refractivity contribution < 1.29 is 13.9 Å². The van der Waals surface area contributed by atoms with Crippen molar-refractivity contribution in [3.63, 3.8) is 0 Å². The van der Waals surface area contributed by atoms with E-state index >= 15 is 0 Å². The van der Waals surface area contributed by atoms with Gasteiger partial charge in [0.15, 0.2) is 0 Å². The maximum absolute atomic E-state index is 14.6. The molecule has 4 atom stereocenters. The Kier molecular flexibility index (Phi) is 6.11. The average Bonchev–Trinajstić information content (AvgIpc) is 3.03. The summed E-state index contributed by atoms with van der Waals surface area (Å²) in [5.41, 5.74) is 7.19. The number of hydrazine groups is 1. The lowest BCUT2D eigenvalue weighted by molar-refractivity contribution is -0.117. The fourth-order valence-electron chi connectivity index (χ4n) is 3.78. The van der Waals surface area contributed by atoms with Gasteiger partial charge in [-0.25, -0.2) is 9.82 Å². The number of carbonyl (C=O) groups excluding carboxylic acids is 1. The lowest BCUT2D eigenvalue weighted by Gasteiger charge is -2.37. The lowest BCUT2D eigenvalue weighted by atomic mass is 10.1. The number of hydrogen-bond donors (Lipinski definition) is 3. The van der Waals surface area contributed by atoms with Crippen molar-refractivity contribution in [2.45, 2.75) is 64.3 Å². The van der Waals surface area contributed by atoms with Crippen molar-refractivity contribution in [1.29, 1.82) is 0 Å². The molecule has 1 aromatic rings. The second-order valence-electron chi connectivity index (χ2n) is 7.38. The van der Waals surface area contributed by atoms with Gasteiger partial charge in [-0.1, -0.05) is 13.3 Å². The number of morpholine rings is 1. The highest BCUT2D eigenvalue weighted by Gasteiger charge is 2.29. The summed E-state index contributed by atoms with van der Waals surface area (Å²) in [5.74, 6) is -0.470. The van der Waals surface area contributed by atoms with Gasteiger partial charge in [0, 0.05) is 24.8 Å². The van der Waals surface area contributed by atoms with Gasteiger partial charge in [0.1, 0.15) is 11.9 Å². The van der Waals surface area contributed by atoms with Crippen LogP contribution in [0.25, 0.3) is 0 Å². The maximum atomic E-state index is 14.6. The summed E-state index contributed by atoms with van der Waals surface area (Å²) in [4.78, 5) is 14.4. The zero-order valence-electron chi connectivity index (χ0n) is 15.7. The molecular formula is C19H29FN4O2. The van der Waals surface area contributed by atoms with Crippen LogP contribution in [0.15, 0.2) is 18.2 Å². The SMILES string of the molecule is CCCC1CC(C(=O)Nc2ccc(N3CC(C)OC(C)C3)c(F)c2)NN1. The number of nitrogens with zero attached hydrogens (tertiary/aromatic N) is 1. The molecule has 7 heteroatoms. The van der Waals surface area contributed by atoms with Crippen molar-refractivity contribution in [2.75, 3.05) is 23.3 Å². The molecule has 4 unspecified atom stereocenters. The second kappa shape index (κ2) is 8.33. The molecule has 2 aliphatic heterocycles. The van der Waals surface area contributed by atoms with E-state index in [1.807, 2.05) is 18.7 Å². The number of ether oxygens (including phenoxy) is 1. The highest BCUT2D eigenvalue weighted by molar-refractivity contribution is 5.95. The minimum Gasteiger partial charge on any atom is -0.372 e. The van der Waals surface area contributed by atoms with Crippen LogP contribution in [0, 0.1) is 5.82 Å². The zero-order chi connectivity index (χ0) is 18.7. The second-order valence-corrected chi connectivity index (χ2v) is 7.38. The summed E-state index contributed by atoms with van der Waals surface area (Å²) < 4.78 is 20.3. The predicted octanol–water partition coefficient (Wildman–Crippen LogP) is 2.41. The van der Waals surface area contributed by atoms with Crippen LogP contribution >= 0.6 is 0 Å². The van der Waals surface area contributed by atoms with Crippen LogP contribution in [0.3, 0.4) is 0 Å². The molecule has 1 aromatic carbocycles. The monoisotopic (exact) mass is 364 g/mol. The van der Waals surface area contributed by atoms with Gasteiger partial charge in [-0.3, -0.25) is 10.2 Å². The molecule has 3 rings (SSSR count). The molecule has 0 aromatic heterocycles. The molecule has 6 nitrogen and oxygen atoms in total. The van der Waals surface area contributed by atoms with Gasteiger partial charge in [-0.15, -0.1) is 0 Å². The number of amides is 1. The van der Waals surface area contributed by atoms with Crippen LogP contribution in [0.4, 0.5) is 15.8 Å². The van der Waals surface area contributed by atoms with E-state index in [2.05, 4.69) is 23.1 Å². The Morgan fingerprint density at radius 1 is 1.31 bits per heavy atom. The van der Waals surface area contributed by atoms with Crippen LogP contribution < -0.4 is 21.1 Å². The fourth-order valence-corrected chi connectivity index (χ4v) is 3.78. The Bertz CT molecular complexity index is 632.